The number of urea groups is 1. The van der Waals surface area contributed by atoms with E-state index in [4.69, 9.17) is 0 Å². The van der Waals surface area contributed by atoms with Crippen LogP contribution < -0.4 is 10.6 Å². The molecule has 1 aliphatic heterocycles. The molecule has 1 saturated heterocycles. The summed E-state index contributed by atoms with van der Waals surface area (Å²) in [6.07, 6.45) is 4.43. The third-order valence-corrected chi connectivity index (χ3v) is 4.85. The molecule has 5 nitrogen and oxygen atoms in total. The van der Waals surface area contributed by atoms with Gasteiger partial charge in [0, 0.05) is 32.1 Å². The fraction of sp³-hybridized carbons (Fsp3) is 0.524. The lowest BCUT2D eigenvalue weighted by atomic mass is 9.83. The fourth-order valence-corrected chi connectivity index (χ4v) is 3.42. The van der Waals surface area contributed by atoms with Gasteiger partial charge in [-0.25, -0.2) is 4.79 Å². The molecule has 26 heavy (non-hydrogen) atoms. The van der Waals surface area contributed by atoms with Crippen molar-refractivity contribution in [3.63, 3.8) is 0 Å². The minimum absolute atomic E-state index is 0.00592. The van der Waals surface area contributed by atoms with Crippen molar-refractivity contribution < 1.29 is 9.59 Å². The van der Waals surface area contributed by atoms with Crippen LogP contribution in [-0.4, -0.2) is 43.0 Å². The van der Waals surface area contributed by atoms with Gasteiger partial charge in [-0.15, -0.1) is 6.58 Å². The van der Waals surface area contributed by atoms with Gasteiger partial charge in [-0.1, -0.05) is 49.2 Å². The molecular formula is C21H31N3O2. The lowest BCUT2D eigenvalue weighted by Crippen LogP contribution is -2.51. The second-order valence-corrected chi connectivity index (χ2v) is 7.07. The Hall–Kier alpha value is -2.30. The Morgan fingerprint density at radius 1 is 1.31 bits per heavy atom. The summed E-state index contributed by atoms with van der Waals surface area (Å²) < 4.78 is 0. The second-order valence-electron chi connectivity index (χ2n) is 7.07. The molecule has 1 fully saturated rings. The first-order valence-corrected chi connectivity index (χ1v) is 9.53. The van der Waals surface area contributed by atoms with Crippen molar-refractivity contribution in [2.24, 2.45) is 5.92 Å². The first-order valence-electron chi connectivity index (χ1n) is 9.53. The predicted octanol–water partition coefficient (Wildman–Crippen LogP) is 3.21. The Labute approximate surface area is 156 Å². The first-order chi connectivity index (χ1) is 12.5. The average molecular weight is 357 g/mol. The number of nitrogens with one attached hydrogen (secondary N) is 2. The molecule has 0 radical (unpaired) electrons. The van der Waals surface area contributed by atoms with E-state index < -0.39 is 0 Å². The van der Waals surface area contributed by atoms with E-state index in [-0.39, 0.29) is 23.8 Å². The number of rotatable bonds is 7. The van der Waals surface area contributed by atoms with Crippen molar-refractivity contribution in [1.82, 2.24) is 15.5 Å². The molecular weight excluding hydrogens is 326 g/mol. The molecule has 0 bridgehead atoms. The zero-order valence-electron chi connectivity index (χ0n) is 16.0. The SMILES string of the molecule is C=CCNC(=O)[C@H]1C[C@@H](c2cccc(C)c2)CN(C(=O)NCCCC)C1. The molecule has 2 N–H and O–H groups in total. The van der Waals surface area contributed by atoms with Crippen LogP contribution in [0.25, 0.3) is 0 Å². The number of unbranched alkanes of at least 4 members (excludes halogenated alkanes) is 1. The normalized spacial score (nSPS) is 19.7. The molecule has 0 unspecified atom stereocenters. The molecule has 1 aromatic carbocycles. The highest BCUT2D eigenvalue weighted by molar-refractivity contribution is 5.81. The van der Waals surface area contributed by atoms with Crippen LogP contribution >= 0.6 is 0 Å². The summed E-state index contributed by atoms with van der Waals surface area (Å²) in [7, 11) is 0. The maximum absolute atomic E-state index is 12.6. The van der Waals surface area contributed by atoms with Crippen LogP contribution in [0, 0.1) is 12.8 Å². The van der Waals surface area contributed by atoms with E-state index in [9.17, 15) is 9.59 Å². The number of piperidine rings is 1. The van der Waals surface area contributed by atoms with E-state index in [1.54, 1.807) is 11.0 Å². The van der Waals surface area contributed by atoms with Gasteiger partial charge in [-0.2, -0.15) is 0 Å². The van der Waals surface area contributed by atoms with Crippen LogP contribution in [0.1, 0.15) is 43.2 Å². The third-order valence-electron chi connectivity index (χ3n) is 4.85. The van der Waals surface area contributed by atoms with Gasteiger partial charge in [0.05, 0.1) is 5.92 Å². The molecule has 2 rings (SSSR count). The quantitative estimate of drug-likeness (QED) is 0.581. The van der Waals surface area contributed by atoms with Gasteiger partial charge in [0.15, 0.2) is 0 Å². The molecule has 0 spiro atoms. The minimum Gasteiger partial charge on any atom is -0.352 e. The van der Waals surface area contributed by atoms with Crippen molar-refractivity contribution in [2.75, 3.05) is 26.2 Å². The van der Waals surface area contributed by atoms with Crippen LogP contribution in [0.5, 0.6) is 0 Å². The summed E-state index contributed by atoms with van der Waals surface area (Å²) >= 11 is 0. The predicted molar refractivity (Wildman–Crippen MR) is 105 cm³/mol. The number of hydrogen-bond acceptors (Lipinski definition) is 2. The highest BCUT2D eigenvalue weighted by Gasteiger charge is 2.34. The zero-order chi connectivity index (χ0) is 18.9. The van der Waals surface area contributed by atoms with Gasteiger partial charge in [0.25, 0.3) is 0 Å². The number of carbonyl (C=O) groups excluding carboxylic acids is 2. The van der Waals surface area contributed by atoms with Gasteiger partial charge >= 0.3 is 6.03 Å². The number of carbonyl (C=O) groups is 2. The molecule has 1 aliphatic rings. The van der Waals surface area contributed by atoms with E-state index in [1.807, 2.05) is 6.07 Å². The van der Waals surface area contributed by atoms with Gasteiger partial charge in [-0.3, -0.25) is 4.79 Å². The Morgan fingerprint density at radius 2 is 2.12 bits per heavy atom. The maximum atomic E-state index is 12.6. The van der Waals surface area contributed by atoms with E-state index in [0.29, 0.717) is 26.2 Å². The van der Waals surface area contributed by atoms with Gasteiger partial charge in [0.2, 0.25) is 5.91 Å². The molecule has 0 aromatic heterocycles. The van der Waals surface area contributed by atoms with Crippen LogP contribution in [-0.2, 0) is 4.79 Å². The number of aryl methyl sites for hydroxylation is 1. The Bertz CT molecular complexity index is 629. The molecule has 1 aromatic rings. The molecule has 0 aliphatic carbocycles. The van der Waals surface area contributed by atoms with Crippen molar-refractivity contribution in [3.05, 3.63) is 48.0 Å². The maximum Gasteiger partial charge on any atom is 0.317 e. The number of likely N-dealkylation sites (tertiary alicyclic amines) is 1. The van der Waals surface area contributed by atoms with Crippen molar-refractivity contribution in [1.29, 1.82) is 0 Å². The highest BCUT2D eigenvalue weighted by Crippen LogP contribution is 2.31. The molecule has 1 heterocycles. The molecule has 5 heteroatoms. The molecule has 2 atom stereocenters. The molecule has 3 amide bonds. The van der Waals surface area contributed by atoms with Crippen molar-refractivity contribution >= 4 is 11.9 Å². The van der Waals surface area contributed by atoms with Gasteiger partial charge in [-0.05, 0) is 25.3 Å². The lowest BCUT2D eigenvalue weighted by molar-refractivity contribution is -0.126. The summed E-state index contributed by atoms with van der Waals surface area (Å²) in [6.45, 7) is 10.0. The van der Waals surface area contributed by atoms with Crippen LogP contribution in [0.3, 0.4) is 0 Å². The van der Waals surface area contributed by atoms with E-state index in [1.165, 1.54) is 11.1 Å². The minimum atomic E-state index is -0.203. The Balaban J connectivity index is 2.13. The monoisotopic (exact) mass is 357 g/mol. The topological polar surface area (TPSA) is 61.4 Å². The fourth-order valence-electron chi connectivity index (χ4n) is 3.42. The van der Waals surface area contributed by atoms with Gasteiger partial charge in [0.1, 0.15) is 0 Å². The average Bonchev–Trinajstić information content (AvgIpc) is 2.65. The highest BCUT2D eigenvalue weighted by atomic mass is 16.2. The van der Waals surface area contributed by atoms with Crippen LogP contribution in [0.4, 0.5) is 4.79 Å². The summed E-state index contributed by atoms with van der Waals surface area (Å²) in [6, 6.07) is 8.28. The van der Waals surface area contributed by atoms with Crippen molar-refractivity contribution in [3.8, 4) is 0 Å². The smallest absolute Gasteiger partial charge is 0.317 e. The largest absolute Gasteiger partial charge is 0.352 e. The van der Waals surface area contributed by atoms with Crippen LogP contribution in [0.15, 0.2) is 36.9 Å². The summed E-state index contributed by atoms with van der Waals surface area (Å²) in [5.74, 6) is -0.0418. The lowest BCUT2D eigenvalue weighted by Gasteiger charge is -2.37. The molecule has 142 valence electrons. The van der Waals surface area contributed by atoms with E-state index in [2.05, 4.69) is 49.3 Å². The van der Waals surface area contributed by atoms with Crippen molar-refractivity contribution in [2.45, 2.75) is 39.0 Å². The first kappa shape index (κ1) is 20.0. The Morgan fingerprint density at radius 3 is 2.81 bits per heavy atom. The standard InChI is InChI=1S/C21H31N3O2/c1-4-6-11-23-21(26)24-14-18(17-9-7-8-16(3)12-17)13-19(15-24)20(25)22-10-5-2/h5,7-9,12,18-19H,2,4,6,10-11,13-15H2,1,3H3,(H,22,25)(H,23,26)/t18-,19+/m1/s1. The summed E-state index contributed by atoms with van der Waals surface area (Å²) in [5.41, 5.74) is 2.39. The number of benzene rings is 1. The summed E-state index contributed by atoms with van der Waals surface area (Å²) in [5, 5.41) is 5.86. The number of amides is 3. The molecule has 0 saturated carbocycles. The summed E-state index contributed by atoms with van der Waals surface area (Å²) in [4.78, 5) is 26.9. The van der Waals surface area contributed by atoms with Crippen LogP contribution in [0.2, 0.25) is 0 Å². The van der Waals surface area contributed by atoms with Gasteiger partial charge < -0.3 is 15.5 Å². The van der Waals surface area contributed by atoms with E-state index >= 15 is 0 Å². The third kappa shape index (κ3) is 5.61. The Kier molecular flexibility index (Phi) is 7.70. The second kappa shape index (κ2) is 10.00. The number of hydrogen-bond donors (Lipinski definition) is 2. The van der Waals surface area contributed by atoms with E-state index in [0.717, 1.165) is 19.3 Å². The zero-order valence-corrected chi connectivity index (χ0v) is 16.0. The number of nitrogens with zero attached hydrogens (tertiary/aromatic N) is 1.